The minimum atomic E-state index is -0.192. The monoisotopic (exact) mass is 257 g/mol. The van der Waals surface area contributed by atoms with Gasteiger partial charge in [-0.25, -0.2) is 4.39 Å². The zero-order chi connectivity index (χ0) is 12.8. The first-order chi connectivity index (χ1) is 8.06. The van der Waals surface area contributed by atoms with Gasteiger partial charge in [-0.2, -0.15) is 0 Å². The molecule has 17 heavy (non-hydrogen) atoms. The van der Waals surface area contributed by atoms with Crippen LogP contribution in [-0.4, -0.2) is 13.1 Å². The van der Waals surface area contributed by atoms with Crippen molar-refractivity contribution in [3.05, 3.63) is 34.6 Å². The standard InChI is InChI=1S/C14H21ClFN/c1-10(2)14(17-3)9-4-6-11-12(15)7-5-8-13(11)16/h5,7-8,10,14,17H,4,6,9H2,1-3H3. The third-order valence-corrected chi connectivity index (χ3v) is 3.53. The van der Waals surface area contributed by atoms with E-state index in [1.54, 1.807) is 12.1 Å². The fourth-order valence-corrected chi connectivity index (χ4v) is 2.34. The van der Waals surface area contributed by atoms with Crippen LogP contribution >= 0.6 is 11.6 Å². The third kappa shape index (κ3) is 4.29. The van der Waals surface area contributed by atoms with E-state index in [1.807, 2.05) is 7.05 Å². The first-order valence-corrected chi connectivity index (χ1v) is 6.54. The van der Waals surface area contributed by atoms with E-state index in [1.165, 1.54) is 6.07 Å². The van der Waals surface area contributed by atoms with E-state index >= 15 is 0 Å². The van der Waals surface area contributed by atoms with Crippen LogP contribution in [-0.2, 0) is 6.42 Å². The summed E-state index contributed by atoms with van der Waals surface area (Å²) in [7, 11) is 1.97. The highest BCUT2D eigenvalue weighted by Gasteiger charge is 2.12. The Labute approximate surface area is 108 Å². The number of nitrogens with one attached hydrogen (secondary N) is 1. The zero-order valence-electron chi connectivity index (χ0n) is 10.8. The maximum atomic E-state index is 13.5. The van der Waals surface area contributed by atoms with Crippen LogP contribution in [0.1, 0.15) is 32.3 Å². The van der Waals surface area contributed by atoms with Crippen LogP contribution in [0.25, 0.3) is 0 Å². The molecule has 0 spiro atoms. The van der Waals surface area contributed by atoms with Crippen molar-refractivity contribution in [3.63, 3.8) is 0 Å². The van der Waals surface area contributed by atoms with Crippen molar-refractivity contribution in [2.24, 2.45) is 5.92 Å². The molecule has 0 saturated heterocycles. The molecule has 1 rings (SSSR count). The SMILES string of the molecule is CNC(CCCc1c(F)cccc1Cl)C(C)C. The fourth-order valence-electron chi connectivity index (χ4n) is 2.08. The second kappa shape index (κ2) is 6.97. The summed E-state index contributed by atoms with van der Waals surface area (Å²) >= 11 is 5.99. The highest BCUT2D eigenvalue weighted by molar-refractivity contribution is 6.31. The second-order valence-electron chi connectivity index (χ2n) is 4.73. The van der Waals surface area contributed by atoms with Gasteiger partial charge in [-0.05, 0) is 44.4 Å². The Balaban J connectivity index is 2.51. The summed E-state index contributed by atoms with van der Waals surface area (Å²) in [5.74, 6) is 0.402. The van der Waals surface area contributed by atoms with E-state index in [0.29, 0.717) is 29.0 Å². The van der Waals surface area contributed by atoms with Crippen LogP contribution in [0.2, 0.25) is 5.02 Å². The predicted octanol–water partition coefficient (Wildman–Crippen LogP) is 4.05. The van der Waals surface area contributed by atoms with Gasteiger partial charge in [0.05, 0.1) is 0 Å². The predicted molar refractivity (Wildman–Crippen MR) is 72.0 cm³/mol. The van der Waals surface area contributed by atoms with Gasteiger partial charge >= 0.3 is 0 Å². The first-order valence-electron chi connectivity index (χ1n) is 6.16. The van der Waals surface area contributed by atoms with Crippen LogP contribution < -0.4 is 5.32 Å². The maximum Gasteiger partial charge on any atom is 0.127 e. The van der Waals surface area contributed by atoms with Crippen LogP contribution in [0.3, 0.4) is 0 Å². The topological polar surface area (TPSA) is 12.0 Å². The zero-order valence-corrected chi connectivity index (χ0v) is 11.5. The number of hydrogen-bond donors (Lipinski definition) is 1. The molecule has 0 aliphatic rings. The molecular formula is C14H21ClFN. The van der Waals surface area contributed by atoms with Gasteiger partial charge in [0, 0.05) is 16.6 Å². The van der Waals surface area contributed by atoms with Crippen LogP contribution in [0, 0.1) is 11.7 Å². The molecule has 0 aromatic heterocycles. The second-order valence-corrected chi connectivity index (χ2v) is 5.14. The largest absolute Gasteiger partial charge is 0.317 e. The Morgan fingerprint density at radius 1 is 1.35 bits per heavy atom. The molecule has 0 heterocycles. The van der Waals surface area contributed by atoms with Gasteiger partial charge in [-0.3, -0.25) is 0 Å². The number of rotatable bonds is 6. The minimum Gasteiger partial charge on any atom is -0.317 e. The third-order valence-electron chi connectivity index (χ3n) is 3.18. The number of halogens is 2. The fraction of sp³-hybridized carbons (Fsp3) is 0.571. The average molecular weight is 258 g/mol. The van der Waals surface area contributed by atoms with E-state index in [-0.39, 0.29) is 5.82 Å². The molecule has 0 saturated carbocycles. The van der Waals surface area contributed by atoms with Crippen molar-refractivity contribution >= 4 is 11.6 Å². The number of hydrogen-bond acceptors (Lipinski definition) is 1. The molecule has 0 fully saturated rings. The van der Waals surface area contributed by atoms with E-state index in [0.717, 1.165) is 12.8 Å². The lowest BCUT2D eigenvalue weighted by Crippen LogP contribution is -2.30. The van der Waals surface area contributed by atoms with Crippen molar-refractivity contribution in [2.75, 3.05) is 7.05 Å². The summed E-state index contributed by atoms with van der Waals surface area (Å²) in [5, 5.41) is 3.83. The van der Waals surface area contributed by atoms with Gasteiger partial charge in [-0.15, -0.1) is 0 Å². The summed E-state index contributed by atoms with van der Waals surface area (Å²) in [6.07, 6.45) is 2.69. The van der Waals surface area contributed by atoms with Crippen molar-refractivity contribution < 1.29 is 4.39 Å². The molecule has 0 amide bonds. The van der Waals surface area contributed by atoms with E-state index < -0.39 is 0 Å². The molecule has 0 aliphatic carbocycles. The first kappa shape index (κ1) is 14.5. The van der Waals surface area contributed by atoms with E-state index in [2.05, 4.69) is 19.2 Å². The van der Waals surface area contributed by atoms with Crippen molar-refractivity contribution in [1.29, 1.82) is 0 Å². The molecule has 1 aromatic carbocycles. The van der Waals surface area contributed by atoms with Gasteiger partial charge in [0.1, 0.15) is 5.82 Å². The van der Waals surface area contributed by atoms with Crippen LogP contribution in [0.4, 0.5) is 4.39 Å². The lowest BCUT2D eigenvalue weighted by Gasteiger charge is -2.20. The lowest BCUT2D eigenvalue weighted by molar-refractivity contribution is 0.393. The van der Waals surface area contributed by atoms with Gasteiger partial charge in [0.15, 0.2) is 0 Å². The van der Waals surface area contributed by atoms with Crippen molar-refractivity contribution in [2.45, 2.75) is 39.2 Å². The summed E-state index contributed by atoms with van der Waals surface area (Å²) < 4.78 is 13.5. The molecule has 96 valence electrons. The molecule has 3 heteroatoms. The van der Waals surface area contributed by atoms with Crippen LogP contribution in [0.15, 0.2) is 18.2 Å². The van der Waals surface area contributed by atoms with Gasteiger partial charge in [0.2, 0.25) is 0 Å². The Hall–Kier alpha value is -0.600. The average Bonchev–Trinajstić information content (AvgIpc) is 2.27. The van der Waals surface area contributed by atoms with Crippen LogP contribution in [0.5, 0.6) is 0 Å². The molecule has 0 radical (unpaired) electrons. The summed E-state index contributed by atoms with van der Waals surface area (Å²) in [6.45, 7) is 4.38. The van der Waals surface area contributed by atoms with Gasteiger partial charge < -0.3 is 5.32 Å². The van der Waals surface area contributed by atoms with E-state index in [9.17, 15) is 4.39 Å². The summed E-state index contributed by atoms with van der Waals surface area (Å²) in [4.78, 5) is 0. The Morgan fingerprint density at radius 2 is 2.06 bits per heavy atom. The van der Waals surface area contributed by atoms with Crippen molar-refractivity contribution in [3.8, 4) is 0 Å². The molecule has 0 bridgehead atoms. The number of benzene rings is 1. The lowest BCUT2D eigenvalue weighted by atomic mass is 9.97. The van der Waals surface area contributed by atoms with Crippen molar-refractivity contribution in [1.82, 2.24) is 5.32 Å². The molecular weight excluding hydrogens is 237 g/mol. The molecule has 1 unspecified atom stereocenters. The molecule has 1 atom stereocenters. The Morgan fingerprint density at radius 3 is 2.59 bits per heavy atom. The molecule has 1 aromatic rings. The molecule has 0 aliphatic heterocycles. The normalized spacial score (nSPS) is 13.1. The maximum absolute atomic E-state index is 13.5. The minimum absolute atomic E-state index is 0.192. The Bertz CT molecular complexity index is 332. The van der Waals surface area contributed by atoms with Gasteiger partial charge in [-0.1, -0.05) is 31.5 Å². The summed E-state index contributed by atoms with van der Waals surface area (Å²) in [6, 6.07) is 5.35. The smallest absolute Gasteiger partial charge is 0.127 e. The van der Waals surface area contributed by atoms with Gasteiger partial charge in [0.25, 0.3) is 0 Å². The molecule has 1 N–H and O–H groups in total. The highest BCUT2D eigenvalue weighted by Crippen LogP contribution is 2.21. The Kier molecular flexibility index (Phi) is 5.93. The summed E-state index contributed by atoms with van der Waals surface area (Å²) in [5.41, 5.74) is 0.646. The van der Waals surface area contributed by atoms with E-state index in [4.69, 9.17) is 11.6 Å². The molecule has 1 nitrogen and oxygen atoms in total. The highest BCUT2D eigenvalue weighted by atomic mass is 35.5. The quantitative estimate of drug-likeness (QED) is 0.811.